The number of halogens is 1. The molecule has 0 aromatic heterocycles. The molecule has 5 nitrogen and oxygen atoms in total. The summed E-state index contributed by atoms with van der Waals surface area (Å²) in [7, 11) is -3.91. The van der Waals surface area contributed by atoms with Gasteiger partial charge in [0.05, 0.1) is 6.10 Å². The lowest BCUT2D eigenvalue weighted by Crippen LogP contribution is -2.24. The molecule has 0 spiro atoms. The van der Waals surface area contributed by atoms with E-state index in [0.29, 0.717) is 0 Å². The lowest BCUT2D eigenvalue weighted by atomic mass is 10.5. The molecule has 0 aromatic carbocycles. The van der Waals surface area contributed by atoms with Crippen LogP contribution in [0.5, 0.6) is 0 Å². The van der Waals surface area contributed by atoms with Crippen molar-refractivity contribution in [1.29, 1.82) is 0 Å². The van der Waals surface area contributed by atoms with Gasteiger partial charge in [-0.2, -0.15) is 8.42 Å². The molecule has 0 atom stereocenters. The van der Waals surface area contributed by atoms with Crippen molar-refractivity contribution in [2.45, 2.75) is 20.0 Å². The van der Waals surface area contributed by atoms with Crippen LogP contribution >= 0.6 is 12.4 Å². The van der Waals surface area contributed by atoms with E-state index in [9.17, 15) is 8.42 Å². The highest BCUT2D eigenvalue weighted by Gasteiger charge is 2.09. The second kappa shape index (κ2) is 4.86. The van der Waals surface area contributed by atoms with Crippen LogP contribution in [0.4, 0.5) is 0 Å². The summed E-state index contributed by atoms with van der Waals surface area (Å²) in [6.45, 7) is 3.07. The van der Waals surface area contributed by atoms with E-state index >= 15 is 0 Å². The highest BCUT2D eigenvalue weighted by atomic mass is 35.5. The second-order valence-corrected chi connectivity index (χ2v) is 2.97. The van der Waals surface area contributed by atoms with Crippen molar-refractivity contribution in [2.24, 2.45) is 0 Å². The molecule has 0 aliphatic carbocycles. The molecule has 0 amide bonds. The van der Waals surface area contributed by atoms with Gasteiger partial charge < -0.3 is 5.21 Å². The van der Waals surface area contributed by atoms with Gasteiger partial charge in [0, 0.05) is 0 Å². The first-order valence-electron chi connectivity index (χ1n) is 2.32. The molecule has 64 valence electrons. The summed E-state index contributed by atoms with van der Waals surface area (Å²) in [5, 5.41) is 7.88. The first kappa shape index (κ1) is 12.8. The lowest BCUT2D eigenvalue weighted by molar-refractivity contribution is 0.182. The fourth-order valence-electron chi connectivity index (χ4n) is 0.275. The van der Waals surface area contributed by atoms with Crippen LogP contribution in [0.15, 0.2) is 0 Å². The third-order valence-corrected chi connectivity index (χ3v) is 1.29. The minimum Gasteiger partial charge on any atom is -0.300 e. The first-order chi connectivity index (χ1) is 3.98. The molecule has 0 bridgehead atoms. The summed E-state index contributed by atoms with van der Waals surface area (Å²) in [6.07, 6.45) is -0.463. The smallest absolute Gasteiger partial charge is 0.300 e. The van der Waals surface area contributed by atoms with E-state index in [2.05, 4.69) is 4.18 Å². The lowest BCUT2D eigenvalue weighted by Gasteiger charge is -2.04. The fraction of sp³-hybridized carbons (Fsp3) is 1.00. The zero-order chi connectivity index (χ0) is 7.49. The summed E-state index contributed by atoms with van der Waals surface area (Å²) in [5.41, 5.74) is 0. The molecule has 0 saturated carbocycles. The van der Waals surface area contributed by atoms with Crippen LogP contribution in [-0.4, -0.2) is 19.7 Å². The Morgan fingerprint density at radius 1 is 1.50 bits per heavy atom. The van der Waals surface area contributed by atoms with Crippen LogP contribution in [0.25, 0.3) is 0 Å². The molecule has 0 fully saturated rings. The average molecular weight is 192 g/mol. The fourth-order valence-corrected chi connectivity index (χ4v) is 0.825. The Morgan fingerprint density at radius 2 is 1.90 bits per heavy atom. The van der Waals surface area contributed by atoms with Gasteiger partial charge in [-0.3, -0.25) is 4.18 Å². The third kappa shape index (κ3) is 6.24. The average Bonchev–Trinajstić information content (AvgIpc) is 1.63. The molecular formula is C3H10ClNO4S. The van der Waals surface area contributed by atoms with Crippen LogP contribution in [-0.2, 0) is 14.5 Å². The monoisotopic (exact) mass is 191 g/mol. The Bertz CT molecular complexity index is 165. The Kier molecular flexibility index (Phi) is 6.21. The summed E-state index contributed by atoms with van der Waals surface area (Å²) < 4.78 is 24.7. The van der Waals surface area contributed by atoms with Crippen molar-refractivity contribution < 1.29 is 17.8 Å². The van der Waals surface area contributed by atoms with Gasteiger partial charge in [-0.15, -0.1) is 12.4 Å². The Morgan fingerprint density at radius 3 is 2.00 bits per heavy atom. The van der Waals surface area contributed by atoms with Crippen LogP contribution in [0.1, 0.15) is 13.8 Å². The SMILES string of the molecule is CC(C)OS(=O)(=O)NO.Cl. The second-order valence-electron chi connectivity index (χ2n) is 1.69. The molecule has 2 N–H and O–H groups in total. The Hall–Kier alpha value is 0.120. The molecule has 0 aromatic rings. The zero-order valence-electron chi connectivity index (χ0n) is 5.57. The number of hydrogen-bond acceptors (Lipinski definition) is 4. The van der Waals surface area contributed by atoms with Gasteiger partial charge in [0.25, 0.3) is 0 Å². The van der Waals surface area contributed by atoms with Crippen LogP contribution < -0.4 is 4.89 Å². The highest BCUT2D eigenvalue weighted by molar-refractivity contribution is 7.84. The molecule has 0 rings (SSSR count). The molecule has 7 heteroatoms. The number of hydrogen-bond donors (Lipinski definition) is 2. The van der Waals surface area contributed by atoms with Crippen LogP contribution in [0, 0.1) is 0 Å². The van der Waals surface area contributed by atoms with Crippen LogP contribution in [0.2, 0.25) is 0 Å². The van der Waals surface area contributed by atoms with Gasteiger partial charge in [0.15, 0.2) is 0 Å². The van der Waals surface area contributed by atoms with Gasteiger partial charge in [-0.1, -0.05) is 4.89 Å². The van der Waals surface area contributed by atoms with Gasteiger partial charge in [0.1, 0.15) is 0 Å². The predicted octanol–water partition coefficient (Wildman–Crippen LogP) is 0.0568. The summed E-state index contributed by atoms with van der Waals surface area (Å²) in [6, 6.07) is 0. The van der Waals surface area contributed by atoms with E-state index in [4.69, 9.17) is 5.21 Å². The minimum atomic E-state index is -3.91. The molecule has 0 saturated heterocycles. The van der Waals surface area contributed by atoms with Gasteiger partial charge in [-0.05, 0) is 13.8 Å². The van der Waals surface area contributed by atoms with Crippen molar-refractivity contribution in [1.82, 2.24) is 4.89 Å². The van der Waals surface area contributed by atoms with E-state index in [1.165, 1.54) is 13.8 Å². The van der Waals surface area contributed by atoms with Gasteiger partial charge in [-0.25, -0.2) is 0 Å². The number of nitrogens with one attached hydrogen (secondary N) is 1. The standard InChI is InChI=1S/C3H9NO4S.ClH/c1-3(2)8-9(6,7)4-5;/h3-5H,1-2H3;1H. The van der Waals surface area contributed by atoms with Gasteiger partial charge >= 0.3 is 10.3 Å². The normalized spacial score (nSPS) is 11.2. The van der Waals surface area contributed by atoms with Crippen LogP contribution in [0.3, 0.4) is 0 Å². The van der Waals surface area contributed by atoms with E-state index < -0.39 is 16.4 Å². The molecule has 0 unspecified atom stereocenters. The number of rotatable bonds is 3. The maximum Gasteiger partial charge on any atom is 0.358 e. The van der Waals surface area contributed by atoms with E-state index in [1.54, 1.807) is 0 Å². The van der Waals surface area contributed by atoms with E-state index in [-0.39, 0.29) is 12.4 Å². The van der Waals surface area contributed by atoms with Gasteiger partial charge in [0.2, 0.25) is 0 Å². The molecule has 0 aliphatic heterocycles. The summed E-state index contributed by atoms with van der Waals surface area (Å²) >= 11 is 0. The van der Waals surface area contributed by atoms with Crippen molar-refractivity contribution >= 4 is 22.7 Å². The van der Waals surface area contributed by atoms with Crippen molar-refractivity contribution in [2.75, 3.05) is 0 Å². The maximum absolute atomic E-state index is 10.2. The molecule has 0 radical (unpaired) electrons. The van der Waals surface area contributed by atoms with Crippen molar-refractivity contribution in [3.63, 3.8) is 0 Å². The summed E-state index contributed by atoms with van der Waals surface area (Å²) in [5.74, 6) is 0. The maximum atomic E-state index is 10.2. The Balaban J connectivity index is 0. The Labute approximate surface area is 66.0 Å². The highest BCUT2D eigenvalue weighted by Crippen LogP contribution is 1.92. The third-order valence-electron chi connectivity index (χ3n) is 0.431. The van der Waals surface area contributed by atoms with Crippen molar-refractivity contribution in [3.8, 4) is 0 Å². The topological polar surface area (TPSA) is 75.6 Å². The first-order valence-corrected chi connectivity index (χ1v) is 3.73. The summed E-state index contributed by atoms with van der Waals surface area (Å²) in [4.78, 5) is 1.02. The van der Waals surface area contributed by atoms with Crippen molar-refractivity contribution in [3.05, 3.63) is 0 Å². The molecule has 0 heterocycles. The molecular weight excluding hydrogens is 182 g/mol. The zero-order valence-corrected chi connectivity index (χ0v) is 7.20. The molecule has 10 heavy (non-hydrogen) atoms. The largest absolute Gasteiger partial charge is 0.358 e. The quantitative estimate of drug-likeness (QED) is 0.619. The van der Waals surface area contributed by atoms with E-state index in [1.807, 2.05) is 0 Å². The van der Waals surface area contributed by atoms with E-state index in [0.717, 1.165) is 4.89 Å². The minimum absolute atomic E-state index is 0. The predicted molar refractivity (Wildman–Crippen MR) is 37.3 cm³/mol. The molecule has 0 aliphatic rings.